The molecule has 0 aliphatic heterocycles. The lowest BCUT2D eigenvalue weighted by Gasteiger charge is -2.25. The van der Waals surface area contributed by atoms with Gasteiger partial charge in [0.25, 0.3) is 0 Å². The van der Waals surface area contributed by atoms with Gasteiger partial charge in [-0.15, -0.1) is 0 Å². The molecule has 0 heterocycles. The molecule has 0 aromatic carbocycles. The first-order valence-electron chi connectivity index (χ1n) is 5.70. The average Bonchev–Trinajstić information content (AvgIpc) is 1.94. The molecule has 0 spiro atoms. The van der Waals surface area contributed by atoms with Gasteiger partial charge in [-0.1, -0.05) is 13.8 Å². The summed E-state index contributed by atoms with van der Waals surface area (Å²) >= 11 is 0. The number of nitrogens with one attached hydrogen (secondary N) is 1. The molecule has 0 fully saturated rings. The largest absolute Gasteiger partial charge is 0.373 e. The summed E-state index contributed by atoms with van der Waals surface area (Å²) < 4.78 is 5.80. The molecule has 0 saturated carbocycles. The summed E-state index contributed by atoms with van der Waals surface area (Å²) in [6.07, 6.45) is 1.43. The van der Waals surface area contributed by atoms with Crippen LogP contribution in [0.3, 0.4) is 0 Å². The van der Waals surface area contributed by atoms with Crippen molar-refractivity contribution < 1.29 is 4.74 Å². The van der Waals surface area contributed by atoms with Crippen molar-refractivity contribution >= 4 is 0 Å². The van der Waals surface area contributed by atoms with Gasteiger partial charge in [0.1, 0.15) is 0 Å². The molecule has 0 aliphatic carbocycles. The Morgan fingerprint density at radius 2 is 1.71 bits per heavy atom. The van der Waals surface area contributed by atoms with Gasteiger partial charge in [-0.05, 0) is 53.1 Å². The van der Waals surface area contributed by atoms with E-state index in [2.05, 4.69) is 46.9 Å². The molecule has 0 bridgehead atoms. The molecule has 2 heteroatoms. The Morgan fingerprint density at radius 1 is 1.14 bits per heavy atom. The standard InChI is InChI=1S/C12H27NO/c1-10(2)9-13-8-7-11(3)14-12(4,5)6/h10-11,13H,7-9H2,1-6H3. The molecule has 0 radical (unpaired) electrons. The van der Waals surface area contributed by atoms with Crippen LogP contribution in [0.4, 0.5) is 0 Å². The average molecular weight is 201 g/mol. The van der Waals surface area contributed by atoms with Gasteiger partial charge in [0, 0.05) is 0 Å². The summed E-state index contributed by atoms with van der Waals surface area (Å²) in [6.45, 7) is 15.0. The van der Waals surface area contributed by atoms with Crippen molar-refractivity contribution in [3.63, 3.8) is 0 Å². The van der Waals surface area contributed by atoms with Crippen LogP contribution in [-0.4, -0.2) is 24.8 Å². The van der Waals surface area contributed by atoms with Gasteiger partial charge in [0.2, 0.25) is 0 Å². The fourth-order valence-electron chi connectivity index (χ4n) is 1.36. The Balaban J connectivity index is 3.40. The van der Waals surface area contributed by atoms with Crippen LogP contribution in [0.5, 0.6) is 0 Å². The zero-order valence-corrected chi connectivity index (χ0v) is 10.7. The second-order valence-corrected chi connectivity index (χ2v) is 5.43. The maximum absolute atomic E-state index is 5.80. The van der Waals surface area contributed by atoms with Crippen molar-refractivity contribution in [3.05, 3.63) is 0 Å². The topological polar surface area (TPSA) is 21.3 Å². The van der Waals surface area contributed by atoms with Crippen LogP contribution >= 0.6 is 0 Å². The van der Waals surface area contributed by atoms with E-state index in [1.807, 2.05) is 0 Å². The van der Waals surface area contributed by atoms with E-state index in [0.29, 0.717) is 6.10 Å². The van der Waals surface area contributed by atoms with E-state index in [-0.39, 0.29) is 5.60 Å². The zero-order valence-electron chi connectivity index (χ0n) is 10.7. The lowest BCUT2D eigenvalue weighted by Crippen LogP contribution is -2.29. The Morgan fingerprint density at radius 3 is 2.14 bits per heavy atom. The lowest BCUT2D eigenvalue weighted by atomic mass is 10.1. The van der Waals surface area contributed by atoms with E-state index < -0.39 is 0 Å². The van der Waals surface area contributed by atoms with Crippen molar-refractivity contribution in [2.75, 3.05) is 13.1 Å². The Labute approximate surface area is 89.4 Å². The van der Waals surface area contributed by atoms with Gasteiger partial charge in [-0.3, -0.25) is 0 Å². The number of ether oxygens (including phenoxy) is 1. The fourth-order valence-corrected chi connectivity index (χ4v) is 1.36. The first kappa shape index (κ1) is 13.9. The fraction of sp³-hybridized carbons (Fsp3) is 1.00. The van der Waals surface area contributed by atoms with E-state index >= 15 is 0 Å². The summed E-state index contributed by atoms with van der Waals surface area (Å²) in [5.41, 5.74) is -0.0164. The summed E-state index contributed by atoms with van der Waals surface area (Å²) in [7, 11) is 0. The highest BCUT2D eigenvalue weighted by atomic mass is 16.5. The second-order valence-electron chi connectivity index (χ2n) is 5.43. The summed E-state index contributed by atoms with van der Waals surface area (Å²) in [5, 5.41) is 3.42. The third-order valence-electron chi connectivity index (χ3n) is 1.83. The van der Waals surface area contributed by atoms with Gasteiger partial charge in [-0.25, -0.2) is 0 Å². The molecule has 1 atom stereocenters. The molecular weight excluding hydrogens is 174 g/mol. The normalized spacial score (nSPS) is 14.8. The molecule has 14 heavy (non-hydrogen) atoms. The van der Waals surface area contributed by atoms with Crippen LogP contribution in [0.2, 0.25) is 0 Å². The maximum Gasteiger partial charge on any atom is 0.0602 e. The smallest absolute Gasteiger partial charge is 0.0602 e. The second kappa shape index (κ2) is 6.41. The highest BCUT2D eigenvalue weighted by Gasteiger charge is 2.14. The number of rotatable bonds is 6. The predicted molar refractivity (Wildman–Crippen MR) is 62.6 cm³/mol. The van der Waals surface area contributed by atoms with Gasteiger partial charge in [0.05, 0.1) is 11.7 Å². The highest BCUT2D eigenvalue weighted by Crippen LogP contribution is 2.12. The zero-order chi connectivity index (χ0) is 11.2. The highest BCUT2D eigenvalue weighted by molar-refractivity contribution is 4.64. The van der Waals surface area contributed by atoms with Crippen LogP contribution in [-0.2, 0) is 4.74 Å². The van der Waals surface area contributed by atoms with Crippen molar-refractivity contribution in [2.45, 2.75) is 59.7 Å². The third-order valence-corrected chi connectivity index (χ3v) is 1.83. The summed E-state index contributed by atoms with van der Waals surface area (Å²) in [6, 6.07) is 0. The minimum atomic E-state index is -0.0164. The van der Waals surface area contributed by atoms with Crippen molar-refractivity contribution in [1.82, 2.24) is 5.32 Å². The number of hydrogen-bond acceptors (Lipinski definition) is 2. The quantitative estimate of drug-likeness (QED) is 0.667. The van der Waals surface area contributed by atoms with E-state index in [0.717, 1.165) is 25.4 Å². The van der Waals surface area contributed by atoms with E-state index in [1.165, 1.54) is 0 Å². The van der Waals surface area contributed by atoms with Gasteiger partial charge in [0.15, 0.2) is 0 Å². The molecule has 0 amide bonds. The SMILES string of the molecule is CC(C)CNCCC(C)OC(C)(C)C. The van der Waals surface area contributed by atoms with Gasteiger partial charge in [-0.2, -0.15) is 0 Å². The molecular formula is C12H27NO. The molecule has 0 saturated heterocycles. The van der Waals surface area contributed by atoms with Crippen LogP contribution < -0.4 is 5.32 Å². The predicted octanol–water partition coefficient (Wildman–Crippen LogP) is 2.83. The Hall–Kier alpha value is -0.0800. The van der Waals surface area contributed by atoms with Crippen molar-refractivity contribution in [1.29, 1.82) is 0 Å². The monoisotopic (exact) mass is 201 g/mol. The van der Waals surface area contributed by atoms with Crippen LogP contribution in [0.1, 0.15) is 48.0 Å². The van der Waals surface area contributed by atoms with Gasteiger partial charge >= 0.3 is 0 Å². The molecule has 1 unspecified atom stereocenters. The third kappa shape index (κ3) is 10.0. The van der Waals surface area contributed by atoms with Crippen molar-refractivity contribution in [3.8, 4) is 0 Å². The molecule has 86 valence electrons. The van der Waals surface area contributed by atoms with E-state index in [4.69, 9.17) is 4.74 Å². The summed E-state index contributed by atoms with van der Waals surface area (Å²) in [5.74, 6) is 0.730. The first-order valence-corrected chi connectivity index (χ1v) is 5.70. The van der Waals surface area contributed by atoms with Crippen molar-refractivity contribution in [2.24, 2.45) is 5.92 Å². The molecule has 0 aliphatic rings. The molecule has 0 rings (SSSR count). The summed E-state index contributed by atoms with van der Waals surface area (Å²) in [4.78, 5) is 0. The first-order chi connectivity index (χ1) is 6.31. The van der Waals surface area contributed by atoms with Gasteiger partial charge < -0.3 is 10.1 Å². The molecule has 0 aromatic rings. The molecule has 2 nitrogen and oxygen atoms in total. The lowest BCUT2D eigenvalue weighted by molar-refractivity contribution is -0.0537. The molecule has 0 aromatic heterocycles. The van der Waals surface area contributed by atoms with E-state index in [1.54, 1.807) is 0 Å². The number of hydrogen-bond donors (Lipinski definition) is 1. The molecule has 1 N–H and O–H groups in total. The van der Waals surface area contributed by atoms with Crippen LogP contribution in [0.15, 0.2) is 0 Å². The Bertz CT molecular complexity index is 138. The van der Waals surface area contributed by atoms with Crippen LogP contribution in [0.25, 0.3) is 0 Å². The van der Waals surface area contributed by atoms with E-state index in [9.17, 15) is 0 Å². The maximum atomic E-state index is 5.80. The van der Waals surface area contributed by atoms with Crippen LogP contribution in [0, 0.1) is 5.92 Å². The minimum Gasteiger partial charge on any atom is -0.373 e. The minimum absolute atomic E-state index is 0.0164. The Kier molecular flexibility index (Phi) is 6.38.